The van der Waals surface area contributed by atoms with E-state index in [2.05, 4.69) is 14.9 Å². The summed E-state index contributed by atoms with van der Waals surface area (Å²) in [7, 11) is -3.98. The standard InChI is InChI=1S/C22H20F3N3O5S/c23-22(24,25)33-17-7-4-14(5-8-17)16-6-9-18-19(12-16)34(29,30)28(10-11-31-18)13-20-26-27-21(32-20)15-2-1-3-15/h4-9,12,15H,1-3,10-11,13H2. The minimum Gasteiger partial charge on any atom is -0.491 e. The van der Waals surface area contributed by atoms with Crippen molar-refractivity contribution in [3.05, 3.63) is 54.2 Å². The van der Waals surface area contributed by atoms with Gasteiger partial charge in [0.25, 0.3) is 0 Å². The molecule has 0 N–H and O–H groups in total. The lowest BCUT2D eigenvalue weighted by molar-refractivity contribution is -0.274. The summed E-state index contributed by atoms with van der Waals surface area (Å²) in [6.07, 6.45) is -1.72. The molecule has 1 saturated carbocycles. The van der Waals surface area contributed by atoms with E-state index in [0.29, 0.717) is 17.0 Å². The molecule has 1 aliphatic carbocycles. The topological polar surface area (TPSA) is 94.8 Å². The van der Waals surface area contributed by atoms with Crippen molar-refractivity contribution in [2.24, 2.45) is 0 Å². The normalized spacial score (nSPS) is 18.4. The van der Waals surface area contributed by atoms with Crippen molar-refractivity contribution in [2.75, 3.05) is 13.2 Å². The van der Waals surface area contributed by atoms with Crippen molar-refractivity contribution < 1.29 is 35.5 Å². The lowest BCUT2D eigenvalue weighted by atomic mass is 9.85. The van der Waals surface area contributed by atoms with Crippen molar-refractivity contribution in [2.45, 2.75) is 43.0 Å². The zero-order chi connectivity index (χ0) is 23.9. The Morgan fingerprint density at radius 3 is 2.47 bits per heavy atom. The van der Waals surface area contributed by atoms with Gasteiger partial charge in [-0.25, -0.2) is 8.42 Å². The molecule has 3 aromatic rings. The Bertz CT molecular complexity index is 1290. The molecule has 1 aliphatic heterocycles. The van der Waals surface area contributed by atoms with Gasteiger partial charge in [-0.05, 0) is 48.2 Å². The molecule has 2 aromatic carbocycles. The van der Waals surface area contributed by atoms with Gasteiger partial charge in [0.2, 0.25) is 21.8 Å². The molecule has 0 saturated heterocycles. The first-order valence-electron chi connectivity index (χ1n) is 10.6. The minimum atomic E-state index is -4.79. The molecule has 8 nitrogen and oxygen atoms in total. The van der Waals surface area contributed by atoms with Gasteiger partial charge in [-0.15, -0.1) is 23.4 Å². The number of rotatable bonds is 5. The van der Waals surface area contributed by atoms with Crippen LogP contribution in [0.2, 0.25) is 0 Å². The zero-order valence-electron chi connectivity index (χ0n) is 17.8. The molecular formula is C22H20F3N3O5S. The number of fused-ring (bicyclic) bond motifs is 1. The second kappa shape index (κ2) is 8.58. The molecule has 0 radical (unpaired) electrons. The minimum absolute atomic E-state index is 0.0446. The smallest absolute Gasteiger partial charge is 0.491 e. The van der Waals surface area contributed by atoms with Crippen LogP contribution in [0.1, 0.15) is 37.0 Å². The Morgan fingerprint density at radius 1 is 1.06 bits per heavy atom. The molecule has 0 atom stereocenters. The van der Waals surface area contributed by atoms with Crippen LogP contribution in [0.15, 0.2) is 51.8 Å². The monoisotopic (exact) mass is 495 g/mol. The summed E-state index contributed by atoms with van der Waals surface area (Å²) in [5.41, 5.74) is 1.02. The van der Waals surface area contributed by atoms with Crippen LogP contribution in [-0.2, 0) is 16.6 Å². The second-order valence-electron chi connectivity index (χ2n) is 8.08. The molecule has 5 rings (SSSR count). The Labute approximate surface area is 193 Å². The van der Waals surface area contributed by atoms with Crippen LogP contribution in [0.4, 0.5) is 13.2 Å². The van der Waals surface area contributed by atoms with E-state index in [1.807, 2.05) is 0 Å². The third kappa shape index (κ3) is 4.60. The third-order valence-corrected chi connectivity index (χ3v) is 7.70. The summed E-state index contributed by atoms with van der Waals surface area (Å²) < 4.78 is 80.6. The zero-order valence-corrected chi connectivity index (χ0v) is 18.6. The molecule has 1 fully saturated rings. The van der Waals surface area contributed by atoms with E-state index in [1.54, 1.807) is 6.07 Å². The van der Waals surface area contributed by atoms with Gasteiger partial charge >= 0.3 is 6.36 Å². The molecule has 12 heteroatoms. The van der Waals surface area contributed by atoms with E-state index >= 15 is 0 Å². The van der Waals surface area contributed by atoms with E-state index in [9.17, 15) is 21.6 Å². The number of aromatic nitrogens is 2. The maximum atomic E-state index is 13.4. The highest BCUT2D eigenvalue weighted by atomic mass is 32.2. The SMILES string of the molecule is O=S1(=O)c2cc(-c3ccc(OC(F)(F)F)cc3)ccc2OCCN1Cc1nnc(C2CCC2)o1. The summed E-state index contributed by atoms with van der Waals surface area (Å²) in [6, 6.07) is 9.80. The fraction of sp³-hybridized carbons (Fsp3) is 0.364. The number of alkyl halides is 3. The highest BCUT2D eigenvalue weighted by molar-refractivity contribution is 7.89. The Hall–Kier alpha value is -3.12. The Kier molecular flexibility index (Phi) is 5.72. The number of sulfonamides is 1. The first kappa shape index (κ1) is 22.7. The molecule has 0 amide bonds. The van der Waals surface area contributed by atoms with Crippen LogP contribution < -0.4 is 9.47 Å². The van der Waals surface area contributed by atoms with E-state index in [0.717, 1.165) is 19.3 Å². The molecule has 2 aliphatic rings. The van der Waals surface area contributed by atoms with Crippen LogP contribution in [0, 0.1) is 0 Å². The average molecular weight is 495 g/mol. The van der Waals surface area contributed by atoms with Crippen LogP contribution in [-0.4, -0.2) is 42.4 Å². The van der Waals surface area contributed by atoms with Crippen molar-refractivity contribution >= 4 is 10.0 Å². The van der Waals surface area contributed by atoms with Crippen molar-refractivity contribution in [3.63, 3.8) is 0 Å². The van der Waals surface area contributed by atoms with Crippen molar-refractivity contribution in [3.8, 4) is 22.6 Å². The van der Waals surface area contributed by atoms with E-state index < -0.39 is 16.4 Å². The number of nitrogens with zero attached hydrogens (tertiary/aromatic N) is 3. The van der Waals surface area contributed by atoms with Gasteiger partial charge in [0.1, 0.15) is 23.0 Å². The largest absolute Gasteiger partial charge is 0.573 e. The molecule has 0 spiro atoms. The summed E-state index contributed by atoms with van der Waals surface area (Å²) in [6.45, 7) is 0.147. The van der Waals surface area contributed by atoms with Gasteiger partial charge in [0.15, 0.2) is 0 Å². The first-order chi connectivity index (χ1) is 16.2. The molecule has 2 heterocycles. The molecular weight excluding hydrogens is 475 g/mol. The van der Waals surface area contributed by atoms with Crippen LogP contribution in [0.3, 0.4) is 0 Å². The number of benzene rings is 2. The summed E-state index contributed by atoms with van der Waals surface area (Å²) in [5.74, 6) is 0.815. The summed E-state index contributed by atoms with van der Waals surface area (Å²) in [5, 5.41) is 8.06. The molecule has 34 heavy (non-hydrogen) atoms. The summed E-state index contributed by atoms with van der Waals surface area (Å²) >= 11 is 0. The van der Waals surface area contributed by atoms with E-state index in [-0.39, 0.29) is 47.9 Å². The van der Waals surface area contributed by atoms with Gasteiger partial charge in [0, 0.05) is 12.5 Å². The van der Waals surface area contributed by atoms with Crippen LogP contribution in [0.5, 0.6) is 11.5 Å². The van der Waals surface area contributed by atoms with Gasteiger partial charge in [-0.1, -0.05) is 24.6 Å². The fourth-order valence-electron chi connectivity index (χ4n) is 3.84. The predicted octanol–water partition coefficient (Wildman–Crippen LogP) is 4.49. The predicted molar refractivity (Wildman–Crippen MR) is 113 cm³/mol. The van der Waals surface area contributed by atoms with Gasteiger partial charge in [-0.2, -0.15) is 4.31 Å². The quantitative estimate of drug-likeness (QED) is 0.515. The number of hydrogen-bond donors (Lipinski definition) is 0. The average Bonchev–Trinajstić information content (AvgIpc) is 3.14. The third-order valence-electron chi connectivity index (χ3n) is 5.83. The highest BCUT2D eigenvalue weighted by Gasteiger charge is 2.34. The Balaban J connectivity index is 1.40. The lowest BCUT2D eigenvalue weighted by Crippen LogP contribution is -2.32. The second-order valence-corrected chi connectivity index (χ2v) is 9.99. The Morgan fingerprint density at radius 2 is 1.79 bits per heavy atom. The van der Waals surface area contributed by atoms with Crippen molar-refractivity contribution in [1.82, 2.24) is 14.5 Å². The number of hydrogen-bond acceptors (Lipinski definition) is 7. The van der Waals surface area contributed by atoms with E-state index in [4.69, 9.17) is 9.15 Å². The highest BCUT2D eigenvalue weighted by Crippen LogP contribution is 2.37. The number of halogens is 3. The molecule has 1 aromatic heterocycles. The lowest BCUT2D eigenvalue weighted by Gasteiger charge is -2.21. The number of ether oxygens (including phenoxy) is 2. The molecule has 0 unspecified atom stereocenters. The molecule has 180 valence electrons. The summed E-state index contributed by atoms with van der Waals surface area (Å²) in [4.78, 5) is -0.0446. The van der Waals surface area contributed by atoms with Gasteiger partial charge < -0.3 is 13.9 Å². The van der Waals surface area contributed by atoms with Crippen LogP contribution in [0.25, 0.3) is 11.1 Å². The fourth-order valence-corrected chi connectivity index (χ4v) is 5.37. The van der Waals surface area contributed by atoms with Crippen molar-refractivity contribution in [1.29, 1.82) is 0 Å². The van der Waals surface area contributed by atoms with Gasteiger partial charge in [-0.3, -0.25) is 0 Å². The molecule has 0 bridgehead atoms. The van der Waals surface area contributed by atoms with Crippen LogP contribution >= 0.6 is 0 Å². The van der Waals surface area contributed by atoms with Gasteiger partial charge in [0.05, 0.1) is 6.54 Å². The maximum absolute atomic E-state index is 13.4. The maximum Gasteiger partial charge on any atom is 0.573 e. The van der Waals surface area contributed by atoms with E-state index in [1.165, 1.54) is 40.7 Å². The first-order valence-corrected chi connectivity index (χ1v) is 12.1.